The molecule has 0 radical (unpaired) electrons. The van der Waals surface area contributed by atoms with Gasteiger partial charge in [0.2, 0.25) is 10.0 Å². The first kappa shape index (κ1) is 19.2. The van der Waals surface area contributed by atoms with Crippen LogP contribution in [0.3, 0.4) is 0 Å². The molecule has 1 saturated carbocycles. The summed E-state index contributed by atoms with van der Waals surface area (Å²) >= 11 is 0. The summed E-state index contributed by atoms with van der Waals surface area (Å²) in [5.41, 5.74) is 6.05. The molecule has 1 aromatic rings. The molecule has 2 N–H and O–H groups in total. The quantitative estimate of drug-likeness (QED) is 0.858. The minimum atomic E-state index is -3.93. The lowest BCUT2D eigenvalue weighted by Gasteiger charge is -2.20. The molecular weight excluding hydrogens is 359 g/mol. The van der Waals surface area contributed by atoms with Crippen LogP contribution in [0.2, 0.25) is 0 Å². The fourth-order valence-electron chi connectivity index (χ4n) is 3.64. The predicted octanol–water partition coefficient (Wildman–Crippen LogP) is 1.62. The normalized spacial score (nSPS) is 26.8. The van der Waals surface area contributed by atoms with Crippen LogP contribution in [0.5, 0.6) is 11.5 Å². The van der Waals surface area contributed by atoms with E-state index < -0.39 is 15.8 Å². The Bertz CT molecular complexity index is 716. The summed E-state index contributed by atoms with van der Waals surface area (Å²) in [7, 11) is -1.18. The molecule has 1 heterocycles. The van der Waals surface area contributed by atoms with E-state index in [4.69, 9.17) is 15.2 Å². The summed E-state index contributed by atoms with van der Waals surface area (Å²) in [5, 5.41) is 0. The van der Waals surface area contributed by atoms with Crippen molar-refractivity contribution in [3.63, 3.8) is 0 Å². The van der Waals surface area contributed by atoms with Gasteiger partial charge in [-0.2, -0.15) is 4.31 Å². The van der Waals surface area contributed by atoms with E-state index in [1.807, 2.05) is 0 Å². The minimum absolute atomic E-state index is 0. The zero-order valence-electron chi connectivity index (χ0n) is 13.6. The summed E-state index contributed by atoms with van der Waals surface area (Å²) < 4.78 is 51.3. The number of nitrogens with two attached hydrogens (primary N) is 1. The molecule has 0 aromatic heterocycles. The van der Waals surface area contributed by atoms with Gasteiger partial charge >= 0.3 is 0 Å². The Kier molecular flexibility index (Phi) is 5.64. The van der Waals surface area contributed by atoms with Gasteiger partial charge in [-0.25, -0.2) is 12.8 Å². The van der Waals surface area contributed by atoms with E-state index >= 15 is 0 Å². The minimum Gasteiger partial charge on any atom is -0.493 e. The second-order valence-corrected chi connectivity index (χ2v) is 8.03. The summed E-state index contributed by atoms with van der Waals surface area (Å²) in [5.74, 6) is -0.0761. The van der Waals surface area contributed by atoms with Gasteiger partial charge in [0.15, 0.2) is 11.5 Å². The average molecular weight is 381 g/mol. The van der Waals surface area contributed by atoms with E-state index in [-0.39, 0.29) is 46.7 Å². The van der Waals surface area contributed by atoms with Crippen molar-refractivity contribution < 1.29 is 22.3 Å². The number of hydrogen-bond donors (Lipinski definition) is 1. The van der Waals surface area contributed by atoms with E-state index in [2.05, 4.69) is 0 Å². The molecule has 3 atom stereocenters. The van der Waals surface area contributed by atoms with Crippen molar-refractivity contribution in [1.29, 1.82) is 0 Å². The van der Waals surface area contributed by atoms with Crippen LogP contribution in [-0.4, -0.2) is 46.1 Å². The third-order valence-corrected chi connectivity index (χ3v) is 6.78. The Hall–Kier alpha value is -1.09. The van der Waals surface area contributed by atoms with Crippen LogP contribution in [0.1, 0.15) is 12.8 Å². The van der Waals surface area contributed by atoms with Crippen LogP contribution in [0.4, 0.5) is 4.39 Å². The van der Waals surface area contributed by atoms with Gasteiger partial charge in [-0.05, 0) is 24.7 Å². The fraction of sp³-hybridized carbons (Fsp3) is 0.600. The maximum Gasteiger partial charge on any atom is 0.246 e. The van der Waals surface area contributed by atoms with Gasteiger partial charge in [-0.15, -0.1) is 12.4 Å². The zero-order chi connectivity index (χ0) is 16.8. The molecule has 6 nitrogen and oxygen atoms in total. The molecule has 0 amide bonds. The lowest BCUT2D eigenvalue weighted by atomic mass is 9.98. The van der Waals surface area contributed by atoms with Crippen LogP contribution in [0.15, 0.2) is 17.0 Å². The molecule has 2 aliphatic rings. The highest BCUT2D eigenvalue weighted by Crippen LogP contribution is 2.40. The van der Waals surface area contributed by atoms with Gasteiger partial charge in [0.1, 0.15) is 10.7 Å². The number of hydrogen-bond acceptors (Lipinski definition) is 5. The summed E-state index contributed by atoms with van der Waals surface area (Å²) in [6, 6.07) is 2.24. The summed E-state index contributed by atoms with van der Waals surface area (Å²) in [4.78, 5) is -0.385. The summed E-state index contributed by atoms with van der Waals surface area (Å²) in [6.45, 7) is 0.746. The van der Waals surface area contributed by atoms with Gasteiger partial charge in [0, 0.05) is 31.3 Å². The second-order valence-electron chi connectivity index (χ2n) is 6.12. The Morgan fingerprint density at radius 2 is 1.79 bits per heavy atom. The first-order valence-electron chi connectivity index (χ1n) is 7.55. The Balaban J connectivity index is 0.00000208. The summed E-state index contributed by atoms with van der Waals surface area (Å²) in [6.07, 6.45) is 1.85. The van der Waals surface area contributed by atoms with E-state index in [1.54, 1.807) is 0 Å². The lowest BCUT2D eigenvalue weighted by Crippen LogP contribution is -2.33. The predicted molar refractivity (Wildman–Crippen MR) is 89.7 cm³/mol. The maximum atomic E-state index is 14.3. The molecule has 0 bridgehead atoms. The molecule has 9 heteroatoms. The first-order chi connectivity index (χ1) is 10.9. The standard InChI is InChI=1S/C15H21FN2O4S.ClH/c1-21-13-5-11(16)15(6-14(13)22-2)23(19,20)18-7-9-3-4-12(17)10(9)8-18;/h5-6,9-10,12H,3-4,7-8,17H2,1-2H3;1H. The molecule has 1 aliphatic carbocycles. The lowest BCUT2D eigenvalue weighted by molar-refractivity contribution is 0.349. The molecule has 3 rings (SSSR count). The van der Waals surface area contributed by atoms with E-state index in [0.717, 1.165) is 18.9 Å². The van der Waals surface area contributed by atoms with E-state index in [9.17, 15) is 12.8 Å². The van der Waals surface area contributed by atoms with Gasteiger partial charge in [-0.1, -0.05) is 0 Å². The van der Waals surface area contributed by atoms with Crippen LogP contribution in [0, 0.1) is 17.7 Å². The van der Waals surface area contributed by atoms with Crippen LogP contribution < -0.4 is 15.2 Å². The molecular formula is C15H22ClFN2O4S. The average Bonchev–Trinajstić information content (AvgIpc) is 3.09. The number of halogens is 2. The van der Waals surface area contributed by atoms with Crippen molar-refractivity contribution in [2.75, 3.05) is 27.3 Å². The maximum absolute atomic E-state index is 14.3. The molecule has 3 unspecified atom stereocenters. The smallest absolute Gasteiger partial charge is 0.246 e. The van der Waals surface area contributed by atoms with Crippen molar-refractivity contribution in [2.24, 2.45) is 17.6 Å². The molecule has 136 valence electrons. The van der Waals surface area contributed by atoms with Crippen LogP contribution in [-0.2, 0) is 10.0 Å². The SMILES string of the molecule is COc1cc(F)c(S(=O)(=O)N2CC3CCC(N)C3C2)cc1OC.Cl. The third-order valence-electron chi connectivity index (χ3n) is 4.93. The van der Waals surface area contributed by atoms with E-state index in [1.165, 1.54) is 24.6 Å². The van der Waals surface area contributed by atoms with Gasteiger partial charge in [0.25, 0.3) is 0 Å². The van der Waals surface area contributed by atoms with Crippen molar-refractivity contribution in [3.8, 4) is 11.5 Å². The monoisotopic (exact) mass is 380 g/mol. The number of methoxy groups -OCH3 is 2. The van der Waals surface area contributed by atoms with Gasteiger partial charge in [-0.3, -0.25) is 0 Å². The number of ether oxygens (including phenoxy) is 2. The van der Waals surface area contributed by atoms with Gasteiger partial charge < -0.3 is 15.2 Å². The van der Waals surface area contributed by atoms with Crippen molar-refractivity contribution >= 4 is 22.4 Å². The van der Waals surface area contributed by atoms with Crippen LogP contribution >= 0.6 is 12.4 Å². The molecule has 1 saturated heterocycles. The number of fused-ring (bicyclic) bond motifs is 1. The number of nitrogens with zero attached hydrogens (tertiary/aromatic N) is 1. The Morgan fingerprint density at radius 1 is 1.17 bits per heavy atom. The Labute approximate surface area is 147 Å². The zero-order valence-corrected chi connectivity index (χ0v) is 15.2. The number of sulfonamides is 1. The largest absolute Gasteiger partial charge is 0.493 e. The highest BCUT2D eigenvalue weighted by molar-refractivity contribution is 7.89. The molecule has 0 spiro atoms. The first-order valence-corrected chi connectivity index (χ1v) is 8.99. The molecule has 2 fully saturated rings. The Morgan fingerprint density at radius 3 is 2.38 bits per heavy atom. The van der Waals surface area contributed by atoms with Gasteiger partial charge in [0.05, 0.1) is 14.2 Å². The highest BCUT2D eigenvalue weighted by atomic mass is 35.5. The molecule has 24 heavy (non-hydrogen) atoms. The van der Waals surface area contributed by atoms with Crippen molar-refractivity contribution in [1.82, 2.24) is 4.31 Å². The van der Waals surface area contributed by atoms with Crippen LogP contribution in [0.25, 0.3) is 0 Å². The van der Waals surface area contributed by atoms with Crippen molar-refractivity contribution in [2.45, 2.75) is 23.8 Å². The molecule has 1 aliphatic heterocycles. The van der Waals surface area contributed by atoms with E-state index in [0.29, 0.717) is 13.1 Å². The topological polar surface area (TPSA) is 81.9 Å². The number of benzene rings is 1. The third kappa shape index (κ3) is 3.08. The van der Waals surface area contributed by atoms with Crippen molar-refractivity contribution in [3.05, 3.63) is 17.9 Å². The molecule has 1 aromatic carbocycles. The fourth-order valence-corrected chi connectivity index (χ4v) is 5.23. The second kappa shape index (κ2) is 7.03. The number of rotatable bonds is 4. The highest BCUT2D eigenvalue weighted by Gasteiger charge is 2.45.